The highest BCUT2D eigenvalue weighted by atomic mass is 35.5. The summed E-state index contributed by atoms with van der Waals surface area (Å²) in [5.41, 5.74) is 1.50. The van der Waals surface area contributed by atoms with E-state index in [-0.39, 0.29) is 0 Å². The van der Waals surface area contributed by atoms with Gasteiger partial charge in [-0.3, -0.25) is 0 Å². The van der Waals surface area contributed by atoms with Crippen molar-refractivity contribution in [3.8, 4) is 5.75 Å². The molecule has 3 aromatic rings. The Morgan fingerprint density at radius 1 is 1.00 bits per heavy atom. The molecule has 0 saturated carbocycles. The van der Waals surface area contributed by atoms with E-state index in [4.69, 9.17) is 27.9 Å². The van der Waals surface area contributed by atoms with Gasteiger partial charge in [-0.15, -0.1) is 5.10 Å². The van der Waals surface area contributed by atoms with Gasteiger partial charge >= 0.3 is 0 Å². The molecule has 0 fully saturated rings. The summed E-state index contributed by atoms with van der Waals surface area (Å²) in [5, 5.41) is 15.1. The topological polar surface area (TPSA) is 72.0 Å². The number of nitrogens with zero attached hydrogens (tertiary/aromatic N) is 3. The van der Waals surface area contributed by atoms with Crippen molar-refractivity contribution in [1.29, 1.82) is 0 Å². The van der Waals surface area contributed by atoms with Gasteiger partial charge in [-0.2, -0.15) is 10.1 Å². The molecule has 2 N–H and O–H groups in total. The van der Waals surface area contributed by atoms with E-state index in [1.165, 1.54) is 6.20 Å². The molecule has 0 amide bonds. The minimum absolute atomic E-state index is 0.357. The summed E-state index contributed by atoms with van der Waals surface area (Å²) in [5.74, 6) is 1.63. The van der Waals surface area contributed by atoms with Crippen molar-refractivity contribution >= 4 is 46.3 Å². The lowest BCUT2D eigenvalue weighted by molar-refractivity contribution is 0.415. The van der Waals surface area contributed by atoms with E-state index < -0.39 is 0 Å². The second-order valence-electron chi connectivity index (χ2n) is 4.77. The summed E-state index contributed by atoms with van der Waals surface area (Å²) in [6, 6.07) is 12.5. The summed E-state index contributed by atoms with van der Waals surface area (Å²) in [6.07, 6.45) is 1.50. The fourth-order valence-electron chi connectivity index (χ4n) is 1.95. The maximum absolute atomic E-state index is 6.14. The summed E-state index contributed by atoms with van der Waals surface area (Å²) in [4.78, 5) is 4.35. The number of ether oxygens (including phenoxy) is 1. The lowest BCUT2D eigenvalue weighted by atomic mass is 10.3. The third-order valence-electron chi connectivity index (χ3n) is 3.10. The van der Waals surface area contributed by atoms with Gasteiger partial charge in [0.15, 0.2) is 5.82 Å². The first kappa shape index (κ1) is 16.3. The van der Waals surface area contributed by atoms with Gasteiger partial charge in [0.05, 0.1) is 24.0 Å². The van der Waals surface area contributed by atoms with Gasteiger partial charge in [0.1, 0.15) is 5.75 Å². The highest BCUT2D eigenvalue weighted by Crippen LogP contribution is 2.27. The van der Waals surface area contributed by atoms with Gasteiger partial charge in [0.25, 0.3) is 0 Å². The Labute approximate surface area is 148 Å². The molecule has 122 valence electrons. The first-order valence-electron chi connectivity index (χ1n) is 6.97. The number of aromatic nitrogens is 3. The molecule has 0 spiro atoms. The Bertz CT molecular complexity index is 842. The van der Waals surface area contributed by atoms with Crippen LogP contribution in [0, 0.1) is 0 Å². The Balaban J connectivity index is 1.75. The molecule has 2 aromatic carbocycles. The predicted molar refractivity (Wildman–Crippen MR) is 95.8 cm³/mol. The van der Waals surface area contributed by atoms with Gasteiger partial charge in [0, 0.05) is 10.7 Å². The molecule has 0 unspecified atom stereocenters. The monoisotopic (exact) mass is 361 g/mol. The number of methoxy groups -OCH3 is 1. The largest absolute Gasteiger partial charge is 0.497 e. The zero-order valence-electron chi connectivity index (χ0n) is 12.6. The van der Waals surface area contributed by atoms with E-state index in [0.717, 1.165) is 11.4 Å². The number of benzene rings is 2. The Morgan fingerprint density at radius 3 is 2.50 bits per heavy atom. The molecule has 24 heavy (non-hydrogen) atoms. The van der Waals surface area contributed by atoms with Crippen LogP contribution in [0.15, 0.2) is 48.7 Å². The number of hydrogen-bond acceptors (Lipinski definition) is 6. The van der Waals surface area contributed by atoms with Crippen molar-refractivity contribution in [3.63, 3.8) is 0 Å². The molecule has 0 aliphatic rings. The normalized spacial score (nSPS) is 10.3. The van der Waals surface area contributed by atoms with E-state index in [0.29, 0.717) is 27.5 Å². The number of rotatable bonds is 5. The number of anilines is 4. The molecular formula is C16H13Cl2N5O. The van der Waals surface area contributed by atoms with Crippen molar-refractivity contribution in [2.75, 3.05) is 17.7 Å². The van der Waals surface area contributed by atoms with E-state index in [2.05, 4.69) is 25.8 Å². The zero-order chi connectivity index (χ0) is 16.9. The first-order chi connectivity index (χ1) is 11.6. The van der Waals surface area contributed by atoms with E-state index in [9.17, 15) is 0 Å². The van der Waals surface area contributed by atoms with Gasteiger partial charge in [-0.05, 0) is 42.5 Å². The molecule has 0 saturated heterocycles. The van der Waals surface area contributed by atoms with E-state index in [1.807, 2.05) is 24.3 Å². The molecule has 8 heteroatoms. The van der Waals surface area contributed by atoms with Crippen LogP contribution in [0.3, 0.4) is 0 Å². The van der Waals surface area contributed by atoms with Crippen molar-refractivity contribution in [2.24, 2.45) is 0 Å². The van der Waals surface area contributed by atoms with Gasteiger partial charge < -0.3 is 15.4 Å². The van der Waals surface area contributed by atoms with Crippen LogP contribution >= 0.6 is 23.2 Å². The number of halogens is 2. The van der Waals surface area contributed by atoms with E-state index >= 15 is 0 Å². The summed E-state index contributed by atoms with van der Waals surface area (Å²) in [6.45, 7) is 0. The summed E-state index contributed by atoms with van der Waals surface area (Å²) < 4.78 is 5.12. The molecular weight excluding hydrogens is 349 g/mol. The first-order valence-corrected chi connectivity index (χ1v) is 7.72. The second-order valence-corrected chi connectivity index (χ2v) is 5.61. The quantitative estimate of drug-likeness (QED) is 0.687. The maximum atomic E-state index is 6.14. The van der Waals surface area contributed by atoms with E-state index in [1.54, 1.807) is 25.3 Å². The second kappa shape index (κ2) is 7.33. The predicted octanol–water partition coefficient (Wildman–Crippen LogP) is 4.67. The van der Waals surface area contributed by atoms with Crippen LogP contribution in [0.25, 0.3) is 0 Å². The highest BCUT2D eigenvalue weighted by Gasteiger charge is 2.05. The minimum atomic E-state index is 0.357. The average molecular weight is 362 g/mol. The molecule has 0 bridgehead atoms. The third-order valence-corrected chi connectivity index (χ3v) is 3.65. The SMILES string of the molecule is COc1ccc(Nc2nncc(Nc3ccc(Cl)cc3Cl)n2)cc1. The lowest BCUT2D eigenvalue weighted by Gasteiger charge is -2.09. The Kier molecular flexibility index (Phi) is 4.98. The Hall–Kier alpha value is -2.57. The Morgan fingerprint density at radius 2 is 1.79 bits per heavy atom. The minimum Gasteiger partial charge on any atom is -0.497 e. The molecule has 6 nitrogen and oxygen atoms in total. The summed E-state index contributed by atoms with van der Waals surface area (Å²) in [7, 11) is 1.62. The molecule has 3 rings (SSSR count). The summed E-state index contributed by atoms with van der Waals surface area (Å²) >= 11 is 12.0. The number of hydrogen-bond donors (Lipinski definition) is 2. The van der Waals surface area contributed by atoms with Crippen molar-refractivity contribution in [2.45, 2.75) is 0 Å². The maximum Gasteiger partial charge on any atom is 0.249 e. The van der Waals surface area contributed by atoms with Crippen LogP contribution in [0.2, 0.25) is 10.0 Å². The third kappa shape index (κ3) is 4.04. The van der Waals surface area contributed by atoms with Gasteiger partial charge in [-0.25, -0.2) is 0 Å². The van der Waals surface area contributed by atoms with Crippen LogP contribution < -0.4 is 15.4 Å². The molecule has 0 atom stereocenters. The highest BCUT2D eigenvalue weighted by molar-refractivity contribution is 6.36. The van der Waals surface area contributed by atoms with Crippen LogP contribution in [-0.2, 0) is 0 Å². The average Bonchev–Trinajstić information content (AvgIpc) is 2.58. The number of nitrogens with one attached hydrogen (secondary N) is 2. The van der Waals surface area contributed by atoms with Crippen LogP contribution in [0.1, 0.15) is 0 Å². The van der Waals surface area contributed by atoms with Crippen molar-refractivity contribution < 1.29 is 4.74 Å². The van der Waals surface area contributed by atoms with Gasteiger partial charge in [0.2, 0.25) is 5.95 Å². The van der Waals surface area contributed by atoms with Crippen LogP contribution in [0.5, 0.6) is 5.75 Å². The van der Waals surface area contributed by atoms with Crippen molar-refractivity contribution in [3.05, 3.63) is 58.7 Å². The molecule has 0 aliphatic carbocycles. The fraction of sp³-hybridized carbons (Fsp3) is 0.0625. The molecule has 1 aromatic heterocycles. The lowest BCUT2D eigenvalue weighted by Crippen LogP contribution is -2.02. The molecule has 0 aliphatic heterocycles. The molecule has 1 heterocycles. The van der Waals surface area contributed by atoms with Gasteiger partial charge in [-0.1, -0.05) is 23.2 Å². The standard InChI is InChI=1S/C16H13Cl2N5O/c1-24-12-5-3-11(4-6-12)20-16-22-15(9-19-23-16)21-14-7-2-10(17)8-13(14)18/h2-9H,1H3,(H2,20,21,22,23). The van der Waals surface area contributed by atoms with Crippen LogP contribution in [0.4, 0.5) is 23.1 Å². The van der Waals surface area contributed by atoms with Crippen molar-refractivity contribution in [1.82, 2.24) is 15.2 Å². The molecule has 0 radical (unpaired) electrons. The fourth-order valence-corrected chi connectivity index (χ4v) is 2.40. The van der Waals surface area contributed by atoms with Crippen LogP contribution in [-0.4, -0.2) is 22.3 Å². The smallest absolute Gasteiger partial charge is 0.249 e. The zero-order valence-corrected chi connectivity index (χ0v) is 14.1.